The van der Waals surface area contributed by atoms with Gasteiger partial charge < -0.3 is 10.4 Å². The SMILES string of the molecule is CCc1ncncc1C(C(=O)O)N1CCC[C@@H]1C(F)(F)CCCCCc1ccc2c(n1)NCCC2. The number of rotatable bonds is 11. The molecule has 0 bridgehead atoms. The van der Waals surface area contributed by atoms with Gasteiger partial charge in [-0.05, 0) is 69.5 Å². The van der Waals surface area contributed by atoms with E-state index in [0.717, 1.165) is 43.7 Å². The number of anilines is 1. The Balaban J connectivity index is 1.33. The lowest BCUT2D eigenvalue weighted by molar-refractivity contribution is -0.148. The molecule has 9 heteroatoms. The number of nitrogens with zero attached hydrogens (tertiary/aromatic N) is 4. The molecule has 0 radical (unpaired) electrons. The number of pyridine rings is 1. The molecule has 0 spiro atoms. The Labute approximate surface area is 205 Å². The Kier molecular flexibility index (Phi) is 8.26. The number of aryl methyl sites for hydroxylation is 3. The zero-order chi connectivity index (χ0) is 24.8. The van der Waals surface area contributed by atoms with Gasteiger partial charge in [-0.1, -0.05) is 19.4 Å². The highest BCUT2D eigenvalue weighted by molar-refractivity contribution is 5.76. The minimum atomic E-state index is -2.96. The number of alkyl halides is 2. The fraction of sp³-hybridized carbons (Fsp3) is 0.615. The third-order valence-corrected chi connectivity index (χ3v) is 7.20. The zero-order valence-electron chi connectivity index (χ0n) is 20.3. The minimum absolute atomic E-state index is 0.244. The Bertz CT molecular complexity index is 1020. The normalized spacial score (nSPS) is 19.2. The van der Waals surface area contributed by atoms with Crippen molar-refractivity contribution in [2.75, 3.05) is 18.4 Å². The molecule has 2 aromatic heterocycles. The van der Waals surface area contributed by atoms with Crippen molar-refractivity contribution in [3.63, 3.8) is 0 Å². The Hall–Kier alpha value is -2.68. The molecule has 0 amide bonds. The Morgan fingerprint density at radius 2 is 2.14 bits per heavy atom. The molecule has 2 aromatic rings. The van der Waals surface area contributed by atoms with E-state index in [2.05, 4.69) is 26.3 Å². The molecular weight excluding hydrogens is 452 g/mol. The van der Waals surface area contributed by atoms with Crippen LogP contribution in [-0.2, 0) is 24.1 Å². The van der Waals surface area contributed by atoms with Crippen molar-refractivity contribution < 1.29 is 18.7 Å². The van der Waals surface area contributed by atoms with Gasteiger partial charge in [0.1, 0.15) is 18.2 Å². The quantitative estimate of drug-likeness (QED) is 0.439. The Morgan fingerprint density at radius 1 is 1.29 bits per heavy atom. The van der Waals surface area contributed by atoms with Crippen molar-refractivity contribution >= 4 is 11.8 Å². The molecule has 2 aliphatic rings. The standard InChI is InChI=1S/C26H35F2N5O2/c1-2-21-20(16-29-17-31-21)23(25(34)35)33-15-7-10-22(33)26(27,28)13-5-3-4-9-19-12-11-18-8-6-14-30-24(18)32-19/h11-12,16-17,22-23H,2-10,13-15H2,1H3,(H,30,32)(H,34,35)/t22-,23?/m1/s1. The number of halogens is 2. The second kappa shape index (κ2) is 11.4. The molecular formula is C26H35F2N5O2. The van der Waals surface area contributed by atoms with Crippen molar-refractivity contribution in [1.82, 2.24) is 19.9 Å². The summed E-state index contributed by atoms with van der Waals surface area (Å²) in [5.74, 6) is -3.13. The van der Waals surface area contributed by atoms with Gasteiger partial charge in [0, 0.05) is 36.1 Å². The van der Waals surface area contributed by atoms with Crippen LogP contribution in [0.25, 0.3) is 0 Å². The number of hydrogen-bond acceptors (Lipinski definition) is 6. The topological polar surface area (TPSA) is 91.2 Å². The smallest absolute Gasteiger partial charge is 0.325 e. The zero-order valence-corrected chi connectivity index (χ0v) is 20.3. The van der Waals surface area contributed by atoms with Crippen LogP contribution < -0.4 is 5.32 Å². The summed E-state index contributed by atoms with van der Waals surface area (Å²) in [5, 5.41) is 13.3. The summed E-state index contributed by atoms with van der Waals surface area (Å²) in [7, 11) is 0. The lowest BCUT2D eigenvalue weighted by Crippen LogP contribution is -2.47. The molecule has 2 N–H and O–H groups in total. The molecule has 7 nitrogen and oxygen atoms in total. The summed E-state index contributed by atoms with van der Waals surface area (Å²) in [5.41, 5.74) is 3.24. The molecule has 4 rings (SSSR count). The number of carboxylic acids is 1. The van der Waals surface area contributed by atoms with E-state index in [4.69, 9.17) is 0 Å². The van der Waals surface area contributed by atoms with Crippen molar-refractivity contribution in [2.45, 2.75) is 89.1 Å². The summed E-state index contributed by atoms with van der Waals surface area (Å²) >= 11 is 0. The number of carbonyl (C=O) groups is 1. The van der Waals surface area contributed by atoms with Crippen molar-refractivity contribution in [3.05, 3.63) is 47.2 Å². The number of aromatic nitrogens is 3. The average Bonchev–Trinajstić information content (AvgIpc) is 3.34. The molecule has 2 aliphatic heterocycles. The van der Waals surface area contributed by atoms with E-state index in [1.165, 1.54) is 23.0 Å². The number of unbranched alkanes of at least 4 members (excludes halogenated alkanes) is 2. The van der Waals surface area contributed by atoms with E-state index >= 15 is 8.78 Å². The van der Waals surface area contributed by atoms with E-state index in [1.807, 2.05) is 13.0 Å². The second-order valence-corrected chi connectivity index (χ2v) is 9.58. The molecule has 1 fully saturated rings. The van der Waals surface area contributed by atoms with Crippen LogP contribution in [0.4, 0.5) is 14.6 Å². The number of fused-ring (bicyclic) bond motifs is 1. The summed E-state index contributed by atoms with van der Waals surface area (Å²) in [6.07, 6.45) is 8.76. The van der Waals surface area contributed by atoms with Gasteiger partial charge in [0.15, 0.2) is 0 Å². The lowest BCUT2D eigenvalue weighted by Gasteiger charge is -2.35. The highest BCUT2D eigenvalue weighted by atomic mass is 19.3. The fourth-order valence-corrected chi connectivity index (χ4v) is 5.41. The fourth-order valence-electron chi connectivity index (χ4n) is 5.41. The number of hydrogen-bond donors (Lipinski definition) is 2. The highest BCUT2D eigenvalue weighted by Crippen LogP contribution is 2.40. The predicted octanol–water partition coefficient (Wildman–Crippen LogP) is 4.82. The monoisotopic (exact) mass is 487 g/mol. The number of likely N-dealkylation sites (tertiary alicyclic amines) is 1. The molecule has 0 aromatic carbocycles. The van der Waals surface area contributed by atoms with Gasteiger partial charge in [0.2, 0.25) is 0 Å². The maximum Gasteiger partial charge on any atom is 0.325 e. The van der Waals surface area contributed by atoms with Crippen LogP contribution in [0.1, 0.15) is 80.4 Å². The van der Waals surface area contributed by atoms with Crippen LogP contribution in [0.5, 0.6) is 0 Å². The van der Waals surface area contributed by atoms with E-state index in [-0.39, 0.29) is 12.8 Å². The van der Waals surface area contributed by atoms with E-state index in [1.54, 1.807) is 0 Å². The molecule has 4 heterocycles. The summed E-state index contributed by atoms with van der Waals surface area (Å²) < 4.78 is 30.7. The van der Waals surface area contributed by atoms with E-state index in [9.17, 15) is 9.90 Å². The van der Waals surface area contributed by atoms with Crippen LogP contribution in [0.3, 0.4) is 0 Å². The molecule has 0 aliphatic carbocycles. The molecule has 190 valence electrons. The maximum atomic E-state index is 15.4. The third-order valence-electron chi connectivity index (χ3n) is 7.20. The second-order valence-electron chi connectivity index (χ2n) is 9.58. The van der Waals surface area contributed by atoms with Gasteiger partial charge in [0.25, 0.3) is 5.92 Å². The molecule has 1 saturated heterocycles. The van der Waals surface area contributed by atoms with E-state index in [0.29, 0.717) is 43.5 Å². The van der Waals surface area contributed by atoms with Crippen LogP contribution in [-0.4, -0.2) is 56.0 Å². The van der Waals surface area contributed by atoms with Crippen LogP contribution in [0, 0.1) is 0 Å². The lowest BCUT2D eigenvalue weighted by atomic mass is 9.97. The first-order valence-electron chi connectivity index (χ1n) is 12.8. The van der Waals surface area contributed by atoms with Gasteiger partial charge >= 0.3 is 5.97 Å². The first-order valence-corrected chi connectivity index (χ1v) is 12.8. The first kappa shape index (κ1) is 25.4. The third kappa shape index (κ3) is 5.94. The average molecular weight is 488 g/mol. The van der Waals surface area contributed by atoms with Crippen molar-refractivity contribution in [1.29, 1.82) is 0 Å². The largest absolute Gasteiger partial charge is 0.480 e. The van der Waals surface area contributed by atoms with Gasteiger partial charge in [0.05, 0.1) is 6.04 Å². The van der Waals surface area contributed by atoms with Crippen LogP contribution in [0.2, 0.25) is 0 Å². The highest BCUT2D eigenvalue weighted by Gasteiger charge is 2.49. The minimum Gasteiger partial charge on any atom is -0.480 e. The predicted molar refractivity (Wildman–Crippen MR) is 130 cm³/mol. The Morgan fingerprint density at radius 3 is 2.94 bits per heavy atom. The van der Waals surface area contributed by atoms with Crippen LogP contribution >= 0.6 is 0 Å². The summed E-state index contributed by atoms with van der Waals surface area (Å²) in [6.45, 7) is 3.14. The maximum absolute atomic E-state index is 15.4. The van der Waals surface area contributed by atoms with Gasteiger partial charge in [-0.2, -0.15) is 0 Å². The number of nitrogens with one attached hydrogen (secondary N) is 1. The van der Waals surface area contributed by atoms with Crippen molar-refractivity contribution in [2.24, 2.45) is 0 Å². The van der Waals surface area contributed by atoms with Crippen LogP contribution in [0.15, 0.2) is 24.7 Å². The van der Waals surface area contributed by atoms with E-state index < -0.39 is 24.0 Å². The first-order chi connectivity index (χ1) is 16.9. The van der Waals surface area contributed by atoms with Gasteiger partial charge in [-0.15, -0.1) is 0 Å². The molecule has 35 heavy (non-hydrogen) atoms. The summed E-state index contributed by atoms with van der Waals surface area (Å²) in [4.78, 5) is 26.5. The summed E-state index contributed by atoms with van der Waals surface area (Å²) in [6, 6.07) is 1.91. The van der Waals surface area contributed by atoms with Crippen molar-refractivity contribution in [3.8, 4) is 0 Å². The molecule has 2 atom stereocenters. The van der Waals surface area contributed by atoms with Gasteiger partial charge in [-0.3, -0.25) is 9.69 Å². The number of carboxylic acid groups (broad SMARTS) is 1. The number of aliphatic carboxylic acids is 1. The molecule has 0 saturated carbocycles. The molecule has 1 unspecified atom stereocenters. The van der Waals surface area contributed by atoms with Gasteiger partial charge in [-0.25, -0.2) is 23.7 Å².